The van der Waals surface area contributed by atoms with E-state index in [4.69, 9.17) is 4.74 Å². The van der Waals surface area contributed by atoms with Crippen LogP contribution in [0.5, 0.6) is 0 Å². The Bertz CT molecular complexity index is 1430. The van der Waals surface area contributed by atoms with Crippen molar-refractivity contribution in [3.8, 4) is 0 Å². The summed E-state index contributed by atoms with van der Waals surface area (Å²) >= 11 is 1.33. The highest BCUT2D eigenvalue weighted by atomic mass is 32.1. The summed E-state index contributed by atoms with van der Waals surface area (Å²) < 4.78 is 7.48. The van der Waals surface area contributed by atoms with Gasteiger partial charge in [0.1, 0.15) is 0 Å². The molecule has 4 rings (SSSR count). The maximum absolute atomic E-state index is 13.5. The molecule has 174 valence electrons. The number of rotatable bonds is 6. The van der Waals surface area contributed by atoms with Crippen LogP contribution < -0.4 is 14.9 Å². The van der Waals surface area contributed by atoms with E-state index in [1.807, 2.05) is 60.7 Å². The molecule has 6 heteroatoms. The second-order valence-corrected chi connectivity index (χ2v) is 9.44. The average molecular weight is 473 g/mol. The van der Waals surface area contributed by atoms with Gasteiger partial charge in [-0.1, -0.05) is 91.9 Å². The van der Waals surface area contributed by atoms with E-state index in [1.165, 1.54) is 16.9 Å². The molecule has 0 spiro atoms. The Balaban J connectivity index is 1.83. The first kappa shape index (κ1) is 23.6. The fourth-order valence-electron chi connectivity index (χ4n) is 3.91. The first-order valence-corrected chi connectivity index (χ1v) is 12.2. The van der Waals surface area contributed by atoms with Gasteiger partial charge < -0.3 is 4.74 Å². The fraction of sp³-hybridized carbons (Fsp3) is 0.250. The van der Waals surface area contributed by atoms with E-state index in [9.17, 15) is 9.59 Å². The van der Waals surface area contributed by atoms with Crippen molar-refractivity contribution in [2.24, 2.45) is 4.99 Å². The number of allylic oxidation sites excluding steroid dienone is 2. The Kier molecular flexibility index (Phi) is 7.08. The molecule has 1 atom stereocenters. The Hall–Kier alpha value is -3.51. The van der Waals surface area contributed by atoms with Gasteiger partial charge in [0, 0.05) is 0 Å². The third-order valence-corrected chi connectivity index (χ3v) is 6.71. The van der Waals surface area contributed by atoms with Gasteiger partial charge in [-0.25, -0.2) is 9.79 Å². The molecule has 2 heterocycles. The summed E-state index contributed by atoms with van der Waals surface area (Å²) in [5.74, 6) is -0.00921. The van der Waals surface area contributed by atoms with Gasteiger partial charge in [-0.2, -0.15) is 0 Å². The number of carbonyl (C=O) groups is 1. The lowest BCUT2D eigenvalue weighted by Gasteiger charge is -2.21. The van der Waals surface area contributed by atoms with Crippen LogP contribution >= 0.6 is 11.3 Å². The third kappa shape index (κ3) is 4.87. The minimum Gasteiger partial charge on any atom is -0.463 e. The summed E-state index contributed by atoms with van der Waals surface area (Å²) in [5.41, 5.74) is 3.96. The van der Waals surface area contributed by atoms with Crippen molar-refractivity contribution in [3.63, 3.8) is 0 Å². The molecule has 0 saturated carbocycles. The first-order chi connectivity index (χ1) is 16.4. The Labute approximate surface area is 203 Å². The summed E-state index contributed by atoms with van der Waals surface area (Å²) in [6, 6.07) is 17.4. The fourth-order valence-corrected chi connectivity index (χ4v) is 4.97. The number of fused-ring (bicyclic) bond motifs is 1. The average Bonchev–Trinajstić information content (AvgIpc) is 3.12. The maximum atomic E-state index is 13.5. The number of benzene rings is 2. The molecule has 0 N–H and O–H groups in total. The van der Waals surface area contributed by atoms with E-state index in [0.29, 0.717) is 26.5 Å². The lowest BCUT2D eigenvalue weighted by Crippen LogP contribution is -2.38. The van der Waals surface area contributed by atoms with Gasteiger partial charge in [0.25, 0.3) is 5.56 Å². The Morgan fingerprint density at radius 1 is 1.12 bits per heavy atom. The van der Waals surface area contributed by atoms with Crippen LogP contribution in [0.3, 0.4) is 0 Å². The first-order valence-electron chi connectivity index (χ1n) is 11.4. The molecule has 34 heavy (non-hydrogen) atoms. The van der Waals surface area contributed by atoms with Gasteiger partial charge >= 0.3 is 5.97 Å². The molecule has 5 nitrogen and oxygen atoms in total. The van der Waals surface area contributed by atoms with E-state index in [1.54, 1.807) is 18.4 Å². The molecule has 0 aliphatic carbocycles. The van der Waals surface area contributed by atoms with Gasteiger partial charge in [-0.15, -0.1) is 0 Å². The zero-order valence-corrected chi connectivity index (χ0v) is 20.6. The predicted octanol–water partition coefficient (Wildman–Crippen LogP) is 4.59. The van der Waals surface area contributed by atoms with Crippen LogP contribution in [0.2, 0.25) is 0 Å². The molecule has 0 fully saturated rings. The minimum atomic E-state index is -0.596. The topological polar surface area (TPSA) is 60.7 Å². The van der Waals surface area contributed by atoms with Crippen molar-refractivity contribution < 1.29 is 9.53 Å². The molecule has 0 saturated heterocycles. The molecule has 0 bridgehead atoms. The predicted molar refractivity (Wildman–Crippen MR) is 137 cm³/mol. The number of thiazole rings is 1. The van der Waals surface area contributed by atoms with Crippen LogP contribution in [-0.2, 0) is 9.53 Å². The second-order valence-electron chi connectivity index (χ2n) is 8.44. The van der Waals surface area contributed by atoms with Crippen molar-refractivity contribution >= 4 is 29.5 Å². The quantitative estimate of drug-likeness (QED) is 0.493. The van der Waals surface area contributed by atoms with Gasteiger partial charge in [0.05, 0.1) is 28.5 Å². The number of hydrogen-bond acceptors (Lipinski definition) is 5. The van der Waals surface area contributed by atoms with E-state index in [-0.39, 0.29) is 12.2 Å². The number of aromatic nitrogens is 1. The summed E-state index contributed by atoms with van der Waals surface area (Å²) in [7, 11) is 0. The highest BCUT2D eigenvalue weighted by Crippen LogP contribution is 2.26. The zero-order chi connectivity index (χ0) is 24.2. The standard InChI is InChI=1S/C28H28N2O3S/c1-5-33-27(32)25-19(4)29-28-30(23(25)16-13-20-9-7-6-8-10-20)26(31)24(34-28)17-21-11-14-22(15-12-21)18(2)3/h6-18,23H,5H2,1-4H3/b16-13+,24-17+. The van der Waals surface area contributed by atoms with E-state index >= 15 is 0 Å². The van der Waals surface area contributed by atoms with E-state index in [0.717, 1.165) is 11.1 Å². The number of carbonyl (C=O) groups excluding carboxylic acids is 1. The minimum absolute atomic E-state index is 0.173. The van der Waals surface area contributed by atoms with Crippen molar-refractivity contribution in [2.45, 2.75) is 39.7 Å². The zero-order valence-electron chi connectivity index (χ0n) is 19.8. The van der Waals surface area contributed by atoms with Crippen LogP contribution in [0.15, 0.2) is 81.7 Å². The molecular formula is C28H28N2O3S. The highest BCUT2D eigenvalue weighted by molar-refractivity contribution is 7.07. The second kappa shape index (κ2) is 10.2. The maximum Gasteiger partial charge on any atom is 0.338 e. The van der Waals surface area contributed by atoms with Gasteiger partial charge in [0.2, 0.25) is 0 Å². The number of nitrogens with zero attached hydrogens (tertiary/aromatic N) is 2. The summed E-state index contributed by atoms with van der Waals surface area (Å²) in [6.45, 7) is 8.11. The van der Waals surface area contributed by atoms with Crippen molar-refractivity contribution in [3.05, 3.63) is 108 Å². The van der Waals surface area contributed by atoms with Crippen LogP contribution in [-0.4, -0.2) is 17.1 Å². The normalized spacial score (nSPS) is 16.1. The number of hydrogen-bond donors (Lipinski definition) is 0. The molecule has 0 amide bonds. The smallest absolute Gasteiger partial charge is 0.338 e. The molecule has 1 aliphatic rings. The van der Waals surface area contributed by atoms with Gasteiger partial charge in [-0.05, 0) is 42.5 Å². The Morgan fingerprint density at radius 3 is 2.47 bits per heavy atom. The van der Waals surface area contributed by atoms with Crippen LogP contribution in [0.4, 0.5) is 0 Å². The van der Waals surface area contributed by atoms with E-state index < -0.39 is 12.0 Å². The van der Waals surface area contributed by atoms with Crippen molar-refractivity contribution in [2.75, 3.05) is 6.61 Å². The van der Waals surface area contributed by atoms with Gasteiger partial charge in [0.15, 0.2) is 4.80 Å². The Morgan fingerprint density at radius 2 is 1.82 bits per heavy atom. The summed E-state index contributed by atoms with van der Waals surface area (Å²) in [4.78, 5) is 31.5. The van der Waals surface area contributed by atoms with Crippen molar-refractivity contribution in [1.82, 2.24) is 4.57 Å². The molecule has 0 radical (unpaired) electrons. The number of esters is 1. The van der Waals surface area contributed by atoms with E-state index in [2.05, 4.69) is 31.0 Å². The van der Waals surface area contributed by atoms with Crippen LogP contribution in [0.1, 0.15) is 56.3 Å². The largest absolute Gasteiger partial charge is 0.463 e. The highest BCUT2D eigenvalue weighted by Gasteiger charge is 2.30. The molecule has 1 aliphatic heterocycles. The molecule has 1 aromatic heterocycles. The number of ether oxygens (including phenoxy) is 1. The van der Waals surface area contributed by atoms with Crippen LogP contribution in [0, 0.1) is 0 Å². The lowest BCUT2D eigenvalue weighted by atomic mass is 10.0. The monoisotopic (exact) mass is 472 g/mol. The summed E-state index contributed by atoms with van der Waals surface area (Å²) in [5, 5.41) is 0. The molecule has 2 aromatic carbocycles. The van der Waals surface area contributed by atoms with Crippen LogP contribution in [0.25, 0.3) is 12.2 Å². The lowest BCUT2D eigenvalue weighted by molar-refractivity contribution is -0.139. The van der Waals surface area contributed by atoms with Crippen molar-refractivity contribution in [1.29, 1.82) is 0 Å². The molecular weight excluding hydrogens is 444 g/mol. The summed E-state index contributed by atoms with van der Waals surface area (Å²) in [6.07, 6.45) is 5.68. The molecule has 1 unspecified atom stereocenters. The molecule has 3 aromatic rings. The van der Waals surface area contributed by atoms with Gasteiger partial charge in [-0.3, -0.25) is 9.36 Å². The SMILES string of the molecule is CCOC(=O)C1=C(C)N=c2s/c(=C/c3ccc(C(C)C)cc3)c(=O)n2C1/C=C/c1ccccc1. The third-order valence-electron chi connectivity index (χ3n) is 5.73.